The van der Waals surface area contributed by atoms with Gasteiger partial charge in [0.15, 0.2) is 6.61 Å². The van der Waals surface area contributed by atoms with Crippen LogP contribution in [0.3, 0.4) is 0 Å². The van der Waals surface area contributed by atoms with Crippen molar-refractivity contribution in [3.8, 4) is 11.5 Å². The lowest BCUT2D eigenvalue weighted by Crippen LogP contribution is -2.37. The molecule has 0 aliphatic carbocycles. The number of nitrogens with zero attached hydrogens (tertiary/aromatic N) is 1. The van der Waals surface area contributed by atoms with Crippen molar-refractivity contribution in [2.45, 2.75) is 13.5 Å². The molecule has 0 heterocycles. The van der Waals surface area contributed by atoms with Crippen molar-refractivity contribution in [1.29, 1.82) is 0 Å². The number of rotatable bonds is 9. The summed E-state index contributed by atoms with van der Waals surface area (Å²) >= 11 is 6.22. The normalized spacial score (nSPS) is 10.5. The maximum atomic E-state index is 12.1. The first-order chi connectivity index (χ1) is 17.3. The van der Waals surface area contributed by atoms with Crippen LogP contribution in [0.2, 0.25) is 5.02 Å². The molecule has 0 fully saturated rings. The van der Waals surface area contributed by atoms with Gasteiger partial charge < -0.3 is 20.1 Å². The van der Waals surface area contributed by atoms with Crippen LogP contribution in [0.25, 0.3) is 0 Å². The van der Waals surface area contributed by atoms with Crippen LogP contribution in [-0.2, 0) is 20.9 Å². The number of methoxy groups -OCH3 is 1. The van der Waals surface area contributed by atoms with E-state index in [4.69, 9.17) is 21.1 Å². The number of aryl methyl sites for hydroxylation is 1. The molecule has 3 rings (SSSR count). The van der Waals surface area contributed by atoms with E-state index in [9.17, 15) is 14.4 Å². The van der Waals surface area contributed by atoms with Crippen LogP contribution < -0.4 is 25.5 Å². The van der Waals surface area contributed by atoms with Crippen molar-refractivity contribution in [2.24, 2.45) is 5.10 Å². The molecule has 0 saturated carbocycles. The van der Waals surface area contributed by atoms with Crippen LogP contribution >= 0.6 is 11.6 Å². The molecule has 0 aromatic heterocycles. The number of amides is 3. The zero-order chi connectivity index (χ0) is 25.9. The van der Waals surface area contributed by atoms with Gasteiger partial charge >= 0.3 is 11.8 Å². The molecule has 0 spiro atoms. The minimum Gasteiger partial charge on any atom is -0.497 e. The smallest absolute Gasteiger partial charge is 0.329 e. The Kier molecular flexibility index (Phi) is 9.41. The third-order valence-corrected chi connectivity index (χ3v) is 5.14. The summed E-state index contributed by atoms with van der Waals surface area (Å²) in [6.45, 7) is 1.92. The Morgan fingerprint density at radius 1 is 0.972 bits per heavy atom. The standard InChI is InChI=1S/C26H25ClN4O5/c1-17-3-8-20(9-4-17)30-24(32)16-36-23-12-7-19(13-22(23)27)15-29-31-26(34)25(33)28-14-18-5-10-21(35-2)11-6-18/h3-13,15H,14,16H2,1-2H3,(H,28,33)(H,30,32)(H,31,34)/b29-15-. The van der Waals surface area contributed by atoms with Gasteiger partial charge in [-0.3, -0.25) is 14.4 Å². The summed E-state index contributed by atoms with van der Waals surface area (Å²) in [5.41, 5.74) is 5.28. The highest BCUT2D eigenvalue weighted by Crippen LogP contribution is 2.25. The van der Waals surface area contributed by atoms with Crippen molar-refractivity contribution >= 4 is 41.2 Å². The van der Waals surface area contributed by atoms with Crippen LogP contribution in [0.1, 0.15) is 16.7 Å². The third-order valence-electron chi connectivity index (χ3n) is 4.85. The van der Waals surface area contributed by atoms with E-state index in [-0.39, 0.29) is 24.1 Å². The third kappa shape index (κ3) is 8.14. The summed E-state index contributed by atoms with van der Waals surface area (Å²) in [4.78, 5) is 36.0. The summed E-state index contributed by atoms with van der Waals surface area (Å²) in [6, 6.07) is 19.2. The van der Waals surface area contributed by atoms with Gasteiger partial charge in [-0.1, -0.05) is 41.4 Å². The summed E-state index contributed by atoms with van der Waals surface area (Å²) in [5, 5.41) is 9.27. The second-order valence-corrected chi connectivity index (χ2v) is 8.03. The van der Waals surface area contributed by atoms with Crippen LogP contribution in [0, 0.1) is 6.92 Å². The number of ether oxygens (including phenoxy) is 2. The fourth-order valence-corrected chi connectivity index (χ4v) is 3.16. The maximum absolute atomic E-state index is 12.1. The van der Waals surface area contributed by atoms with E-state index in [0.717, 1.165) is 11.1 Å². The van der Waals surface area contributed by atoms with Gasteiger partial charge in [0.25, 0.3) is 5.91 Å². The Balaban J connectivity index is 1.43. The van der Waals surface area contributed by atoms with Crippen LogP contribution in [0.4, 0.5) is 5.69 Å². The largest absolute Gasteiger partial charge is 0.497 e. The Hall–Kier alpha value is -4.37. The van der Waals surface area contributed by atoms with E-state index < -0.39 is 11.8 Å². The summed E-state index contributed by atoms with van der Waals surface area (Å²) < 4.78 is 10.6. The van der Waals surface area contributed by atoms with Gasteiger partial charge in [-0.15, -0.1) is 0 Å². The number of carbonyl (C=O) groups excluding carboxylic acids is 3. The topological polar surface area (TPSA) is 118 Å². The van der Waals surface area contributed by atoms with Crippen molar-refractivity contribution in [1.82, 2.24) is 10.7 Å². The Morgan fingerprint density at radius 2 is 1.69 bits per heavy atom. The van der Waals surface area contributed by atoms with Crippen LogP contribution in [0.5, 0.6) is 11.5 Å². The fourth-order valence-electron chi connectivity index (χ4n) is 2.91. The maximum Gasteiger partial charge on any atom is 0.329 e. The highest BCUT2D eigenvalue weighted by molar-refractivity contribution is 6.35. The average molecular weight is 509 g/mol. The zero-order valence-electron chi connectivity index (χ0n) is 19.7. The predicted octanol–water partition coefficient (Wildman–Crippen LogP) is 3.44. The Bertz CT molecular complexity index is 1240. The Morgan fingerprint density at radius 3 is 2.36 bits per heavy atom. The minimum absolute atomic E-state index is 0.181. The number of halogens is 1. The second-order valence-electron chi connectivity index (χ2n) is 7.62. The van der Waals surface area contributed by atoms with E-state index in [0.29, 0.717) is 22.7 Å². The lowest BCUT2D eigenvalue weighted by atomic mass is 10.2. The van der Waals surface area contributed by atoms with Crippen LogP contribution in [-0.4, -0.2) is 37.7 Å². The van der Waals surface area contributed by atoms with E-state index in [1.807, 2.05) is 19.1 Å². The molecule has 0 atom stereocenters. The van der Waals surface area contributed by atoms with Gasteiger partial charge in [-0.2, -0.15) is 5.10 Å². The lowest BCUT2D eigenvalue weighted by molar-refractivity contribution is -0.139. The molecule has 10 heteroatoms. The van der Waals surface area contributed by atoms with Crippen molar-refractivity contribution in [3.63, 3.8) is 0 Å². The molecule has 0 saturated heterocycles. The molecular weight excluding hydrogens is 484 g/mol. The molecule has 0 radical (unpaired) electrons. The van der Waals surface area contributed by atoms with E-state index >= 15 is 0 Å². The number of hydrogen-bond acceptors (Lipinski definition) is 6. The van der Waals surface area contributed by atoms with Gasteiger partial charge in [0.2, 0.25) is 0 Å². The highest BCUT2D eigenvalue weighted by Gasteiger charge is 2.12. The van der Waals surface area contributed by atoms with Gasteiger partial charge in [-0.05, 0) is 60.5 Å². The van der Waals surface area contributed by atoms with E-state index in [1.165, 1.54) is 6.21 Å². The summed E-state index contributed by atoms with van der Waals surface area (Å²) in [6.07, 6.45) is 1.33. The monoisotopic (exact) mass is 508 g/mol. The predicted molar refractivity (Wildman–Crippen MR) is 137 cm³/mol. The van der Waals surface area contributed by atoms with Gasteiger partial charge in [0.1, 0.15) is 11.5 Å². The molecule has 3 aromatic rings. The number of hydrazone groups is 1. The molecule has 186 valence electrons. The van der Waals surface area contributed by atoms with Crippen molar-refractivity contribution in [3.05, 3.63) is 88.4 Å². The fraction of sp³-hybridized carbons (Fsp3) is 0.154. The molecule has 3 N–H and O–H groups in total. The molecule has 0 aliphatic heterocycles. The van der Waals surface area contributed by atoms with Gasteiger partial charge in [0, 0.05) is 12.2 Å². The molecule has 3 aromatic carbocycles. The summed E-state index contributed by atoms with van der Waals surface area (Å²) in [5.74, 6) is -1.05. The minimum atomic E-state index is -0.912. The first-order valence-electron chi connectivity index (χ1n) is 10.9. The number of anilines is 1. The quantitative estimate of drug-likeness (QED) is 0.232. The molecular formula is C26H25ClN4O5. The zero-order valence-corrected chi connectivity index (χ0v) is 20.5. The Labute approximate surface area is 213 Å². The number of nitrogens with one attached hydrogen (secondary N) is 3. The highest BCUT2D eigenvalue weighted by atomic mass is 35.5. The van der Waals surface area contributed by atoms with E-state index in [1.54, 1.807) is 61.7 Å². The molecule has 3 amide bonds. The molecule has 0 aliphatic rings. The van der Waals surface area contributed by atoms with Gasteiger partial charge in [0.05, 0.1) is 18.3 Å². The van der Waals surface area contributed by atoms with E-state index in [2.05, 4.69) is 21.2 Å². The first-order valence-corrected chi connectivity index (χ1v) is 11.2. The number of carbonyl (C=O) groups is 3. The average Bonchev–Trinajstić information content (AvgIpc) is 2.88. The van der Waals surface area contributed by atoms with Crippen molar-refractivity contribution < 1.29 is 23.9 Å². The number of benzene rings is 3. The molecule has 36 heavy (non-hydrogen) atoms. The van der Waals surface area contributed by atoms with Gasteiger partial charge in [-0.25, -0.2) is 5.43 Å². The van der Waals surface area contributed by atoms with Crippen LogP contribution in [0.15, 0.2) is 71.8 Å². The SMILES string of the molecule is COc1ccc(CNC(=O)C(=O)N/N=C\c2ccc(OCC(=O)Nc3ccc(C)cc3)c(Cl)c2)cc1. The van der Waals surface area contributed by atoms with Crippen molar-refractivity contribution in [2.75, 3.05) is 19.0 Å². The first kappa shape index (κ1) is 26.2. The second kappa shape index (κ2) is 12.9. The molecule has 0 bridgehead atoms. The summed E-state index contributed by atoms with van der Waals surface area (Å²) in [7, 11) is 1.56. The number of hydrogen-bond donors (Lipinski definition) is 3. The lowest BCUT2D eigenvalue weighted by Gasteiger charge is -2.09. The molecule has 0 unspecified atom stereocenters. The molecule has 9 nitrogen and oxygen atoms in total.